The fourth-order valence-electron chi connectivity index (χ4n) is 3.26. The molecule has 1 atom stereocenters. The average Bonchev–Trinajstić information content (AvgIpc) is 3.14. The first-order valence-electron chi connectivity index (χ1n) is 8.10. The zero-order chi connectivity index (χ0) is 16.8. The molecule has 126 valence electrons. The van der Waals surface area contributed by atoms with Crippen LogP contribution in [0.5, 0.6) is 0 Å². The van der Waals surface area contributed by atoms with Gasteiger partial charge in [0, 0.05) is 18.5 Å². The maximum Gasteiger partial charge on any atom is 0.293 e. The van der Waals surface area contributed by atoms with Crippen LogP contribution in [-0.2, 0) is 12.8 Å². The Kier molecular flexibility index (Phi) is 3.73. The number of nitrogens with zero attached hydrogens (tertiary/aromatic N) is 5. The van der Waals surface area contributed by atoms with Crippen LogP contribution < -0.4 is 0 Å². The molecule has 0 saturated heterocycles. The van der Waals surface area contributed by atoms with Crippen LogP contribution in [0.25, 0.3) is 15.9 Å². The molecule has 0 aliphatic heterocycles. The number of aliphatic hydroxyl groups excluding tert-OH is 1. The number of aromatic nitrogens is 4. The molecule has 0 bridgehead atoms. The summed E-state index contributed by atoms with van der Waals surface area (Å²) in [5.74, 6) is 0.498. The molecule has 0 saturated carbocycles. The molecule has 24 heavy (non-hydrogen) atoms. The second-order valence-electron chi connectivity index (χ2n) is 6.43. The van der Waals surface area contributed by atoms with Crippen LogP contribution in [0.2, 0.25) is 0 Å². The van der Waals surface area contributed by atoms with Crippen molar-refractivity contribution in [2.75, 3.05) is 20.2 Å². The lowest BCUT2D eigenvalue weighted by molar-refractivity contribution is 0.0755. The maximum atomic E-state index is 12.4. The number of rotatable bonds is 3. The van der Waals surface area contributed by atoms with Crippen LogP contribution in [-0.4, -0.2) is 55.7 Å². The topological polar surface area (TPSA) is 83.6 Å². The van der Waals surface area contributed by atoms with Gasteiger partial charge in [-0.2, -0.15) is 0 Å². The Balaban J connectivity index is 1.86. The number of thiophene rings is 1. The molecular weight excluding hydrogens is 326 g/mol. The number of hydrogen-bond acceptors (Lipinski definition) is 6. The first-order valence-corrected chi connectivity index (χ1v) is 8.92. The van der Waals surface area contributed by atoms with Crippen LogP contribution in [0.15, 0.2) is 6.33 Å². The molecule has 0 radical (unpaired) electrons. The molecule has 1 aliphatic carbocycles. The first-order chi connectivity index (χ1) is 11.6. The maximum absolute atomic E-state index is 12.4. The van der Waals surface area contributed by atoms with E-state index >= 15 is 0 Å². The summed E-state index contributed by atoms with van der Waals surface area (Å²) >= 11 is 1.73. The smallest absolute Gasteiger partial charge is 0.293 e. The van der Waals surface area contributed by atoms with Gasteiger partial charge in [-0.1, -0.05) is 6.92 Å². The number of likely N-dealkylation sites (N-methyl/N-ethyl adjacent to an activating group) is 1. The summed E-state index contributed by atoms with van der Waals surface area (Å²) in [6, 6.07) is 0. The van der Waals surface area contributed by atoms with Gasteiger partial charge in [-0.3, -0.25) is 4.79 Å². The van der Waals surface area contributed by atoms with Crippen LogP contribution in [0.3, 0.4) is 0 Å². The lowest BCUT2D eigenvalue weighted by atomic mass is 9.89. The minimum absolute atomic E-state index is 0.0860. The monoisotopic (exact) mass is 345 g/mol. The predicted molar refractivity (Wildman–Crippen MR) is 91.4 cm³/mol. The van der Waals surface area contributed by atoms with Gasteiger partial charge in [0.15, 0.2) is 5.65 Å². The van der Waals surface area contributed by atoms with E-state index in [2.05, 4.69) is 22.0 Å². The van der Waals surface area contributed by atoms with E-state index in [1.165, 1.54) is 21.8 Å². The number of carbonyl (C=O) groups is 1. The Morgan fingerprint density at radius 2 is 2.38 bits per heavy atom. The molecule has 0 unspecified atom stereocenters. The van der Waals surface area contributed by atoms with Gasteiger partial charge in [0.1, 0.15) is 11.2 Å². The first kappa shape index (κ1) is 15.5. The highest BCUT2D eigenvalue weighted by atomic mass is 32.1. The Labute approximate surface area is 142 Å². The largest absolute Gasteiger partial charge is 0.395 e. The number of aryl methyl sites for hydroxylation is 1. The quantitative estimate of drug-likeness (QED) is 0.778. The van der Waals surface area contributed by atoms with Gasteiger partial charge in [0.2, 0.25) is 5.82 Å². The van der Waals surface area contributed by atoms with E-state index in [-0.39, 0.29) is 24.9 Å². The van der Waals surface area contributed by atoms with Crippen molar-refractivity contribution in [2.24, 2.45) is 5.92 Å². The highest BCUT2D eigenvalue weighted by Crippen LogP contribution is 2.38. The second-order valence-corrected chi connectivity index (χ2v) is 7.51. The lowest BCUT2D eigenvalue weighted by Crippen LogP contribution is -2.30. The van der Waals surface area contributed by atoms with Crippen molar-refractivity contribution in [1.29, 1.82) is 0 Å². The van der Waals surface area contributed by atoms with Gasteiger partial charge in [-0.05, 0) is 30.7 Å². The number of fused-ring (bicyclic) bond motifs is 5. The third-order valence-electron chi connectivity index (χ3n) is 4.60. The summed E-state index contributed by atoms with van der Waals surface area (Å²) in [6.45, 7) is 2.44. The zero-order valence-electron chi connectivity index (χ0n) is 13.7. The van der Waals surface area contributed by atoms with Gasteiger partial charge in [-0.15, -0.1) is 16.4 Å². The molecule has 1 amide bonds. The number of carbonyl (C=O) groups excluding carboxylic acids is 1. The Bertz CT molecular complexity index is 931. The number of hydrogen-bond donors (Lipinski definition) is 1. The van der Waals surface area contributed by atoms with E-state index in [4.69, 9.17) is 5.11 Å². The highest BCUT2D eigenvalue weighted by Gasteiger charge is 2.25. The van der Waals surface area contributed by atoms with Crippen molar-refractivity contribution in [3.05, 3.63) is 22.6 Å². The summed E-state index contributed by atoms with van der Waals surface area (Å²) < 4.78 is 1.59. The number of amides is 1. The molecule has 0 aromatic carbocycles. The predicted octanol–water partition coefficient (Wildman–Crippen LogP) is 1.53. The van der Waals surface area contributed by atoms with Crippen molar-refractivity contribution in [2.45, 2.75) is 26.2 Å². The highest BCUT2D eigenvalue weighted by molar-refractivity contribution is 7.19. The van der Waals surface area contributed by atoms with Crippen molar-refractivity contribution >= 4 is 33.1 Å². The minimum Gasteiger partial charge on any atom is -0.395 e. The molecular formula is C16H19N5O2S. The molecule has 7 nitrogen and oxygen atoms in total. The van der Waals surface area contributed by atoms with Crippen LogP contribution in [0.1, 0.15) is 34.4 Å². The zero-order valence-corrected chi connectivity index (χ0v) is 14.5. The third kappa shape index (κ3) is 2.37. The van der Waals surface area contributed by atoms with Crippen LogP contribution in [0.4, 0.5) is 0 Å². The van der Waals surface area contributed by atoms with Gasteiger partial charge in [-0.25, -0.2) is 14.5 Å². The summed E-state index contributed by atoms with van der Waals surface area (Å²) in [7, 11) is 1.63. The molecule has 4 rings (SSSR count). The fraction of sp³-hybridized carbons (Fsp3) is 0.500. The summed E-state index contributed by atoms with van der Waals surface area (Å²) in [5, 5.41) is 14.3. The van der Waals surface area contributed by atoms with Crippen LogP contribution >= 0.6 is 11.3 Å². The summed E-state index contributed by atoms with van der Waals surface area (Å²) in [6.07, 6.45) is 4.94. The average molecular weight is 345 g/mol. The Morgan fingerprint density at radius 1 is 1.54 bits per heavy atom. The molecule has 1 aliphatic rings. The molecule has 0 spiro atoms. The van der Waals surface area contributed by atoms with Crippen molar-refractivity contribution in [3.63, 3.8) is 0 Å². The number of aliphatic hydroxyl groups is 1. The Morgan fingerprint density at radius 3 is 3.17 bits per heavy atom. The molecule has 1 N–H and O–H groups in total. The van der Waals surface area contributed by atoms with E-state index in [9.17, 15) is 4.79 Å². The van der Waals surface area contributed by atoms with Crippen molar-refractivity contribution in [1.82, 2.24) is 24.5 Å². The molecule has 3 aromatic heterocycles. The lowest BCUT2D eigenvalue weighted by Gasteiger charge is -2.17. The van der Waals surface area contributed by atoms with E-state index in [0.29, 0.717) is 11.6 Å². The third-order valence-corrected chi connectivity index (χ3v) is 5.80. The van der Waals surface area contributed by atoms with E-state index < -0.39 is 0 Å². The summed E-state index contributed by atoms with van der Waals surface area (Å²) in [4.78, 5) is 25.2. The fourth-order valence-corrected chi connectivity index (χ4v) is 4.44. The van der Waals surface area contributed by atoms with E-state index in [1.54, 1.807) is 29.2 Å². The van der Waals surface area contributed by atoms with Crippen LogP contribution in [0, 0.1) is 5.92 Å². The van der Waals surface area contributed by atoms with E-state index in [1.807, 2.05) is 0 Å². The Hall–Kier alpha value is -2.06. The summed E-state index contributed by atoms with van der Waals surface area (Å²) in [5.41, 5.74) is 2.02. The standard InChI is InChI=1S/C16H19N5O2S/c1-9-3-4-11-10(7-9)12-14-18-13(16(23)20(2)5-6-22)19-21(14)8-17-15(12)24-11/h8-9,22H,3-7H2,1-2H3/t9-/m1/s1. The molecule has 3 aromatic rings. The van der Waals surface area contributed by atoms with E-state index in [0.717, 1.165) is 23.1 Å². The molecule has 3 heterocycles. The minimum atomic E-state index is -0.293. The van der Waals surface area contributed by atoms with Crippen molar-refractivity contribution < 1.29 is 9.90 Å². The van der Waals surface area contributed by atoms with Gasteiger partial charge in [0.05, 0.1) is 12.0 Å². The normalized spacial score (nSPS) is 17.4. The van der Waals surface area contributed by atoms with Gasteiger partial charge in [0.25, 0.3) is 5.91 Å². The SMILES string of the molecule is C[C@@H]1CCc2sc3ncn4nc(C(=O)N(C)CCO)nc4c3c2C1. The molecule has 8 heteroatoms. The molecule has 0 fully saturated rings. The van der Waals surface area contributed by atoms with Gasteiger partial charge < -0.3 is 10.0 Å². The van der Waals surface area contributed by atoms with Gasteiger partial charge >= 0.3 is 0 Å². The van der Waals surface area contributed by atoms with Crippen molar-refractivity contribution in [3.8, 4) is 0 Å². The second kappa shape index (κ2) is 5.78.